The van der Waals surface area contributed by atoms with Crippen molar-refractivity contribution in [3.8, 4) is 0 Å². The maximum atomic E-state index is 13.2. The Hall–Kier alpha value is -0.970. The molecule has 0 aliphatic carbocycles. The molecule has 0 aliphatic rings. The maximum absolute atomic E-state index is 13.2. The van der Waals surface area contributed by atoms with Gasteiger partial charge in [-0.25, -0.2) is 8.78 Å². The van der Waals surface area contributed by atoms with Crippen molar-refractivity contribution in [1.29, 1.82) is 0 Å². The zero-order valence-electron chi connectivity index (χ0n) is 9.84. The molecule has 0 heterocycles. The molecule has 1 nitrogen and oxygen atoms in total. The van der Waals surface area contributed by atoms with E-state index < -0.39 is 0 Å². The van der Waals surface area contributed by atoms with Crippen LogP contribution in [-0.2, 0) is 6.42 Å². The van der Waals surface area contributed by atoms with Gasteiger partial charge in [0.05, 0.1) is 4.47 Å². The molecule has 2 aromatic rings. The summed E-state index contributed by atoms with van der Waals surface area (Å²) in [5.74, 6) is -0.702. The molecule has 0 radical (unpaired) electrons. The Labute approximate surface area is 123 Å². The Morgan fingerprint density at radius 3 is 2.58 bits per heavy atom. The van der Waals surface area contributed by atoms with Crippen LogP contribution in [0.15, 0.2) is 40.9 Å². The first-order valence-electron chi connectivity index (χ1n) is 5.62. The molecule has 1 unspecified atom stereocenters. The number of nitrogens with two attached hydrogens (primary N) is 1. The number of rotatable bonds is 3. The SMILES string of the molecule is NC(Cc1cc(F)ccc1Cl)c1ccc(F)c(Br)c1. The molecular weight excluding hydrogens is 336 g/mol. The number of halogens is 4. The predicted molar refractivity (Wildman–Crippen MR) is 76.1 cm³/mol. The minimum Gasteiger partial charge on any atom is -0.324 e. The predicted octanol–water partition coefficient (Wildman–Crippen LogP) is 4.62. The van der Waals surface area contributed by atoms with Crippen molar-refractivity contribution in [1.82, 2.24) is 0 Å². The molecule has 2 N–H and O–H groups in total. The van der Waals surface area contributed by atoms with Crippen molar-refractivity contribution in [2.24, 2.45) is 5.73 Å². The lowest BCUT2D eigenvalue weighted by Gasteiger charge is -2.14. The zero-order chi connectivity index (χ0) is 14.0. The Kier molecular flexibility index (Phi) is 4.55. The van der Waals surface area contributed by atoms with Gasteiger partial charge in [0.2, 0.25) is 0 Å². The first-order chi connectivity index (χ1) is 8.97. The van der Waals surface area contributed by atoms with Crippen LogP contribution in [0, 0.1) is 11.6 Å². The lowest BCUT2D eigenvalue weighted by Crippen LogP contribution is -2.14. The fourth-order valence-electron chi connectivity index (χ4n) is 1.80. The average molecular weight is 347 g/mol. The molecule has 0 fully saturated rings. The molecule has 19 heavy (non-hydrogen) atoms. The van der Waals surface area contributed by atoms with Crippen LogP contribution in [0.1, 0.15) is 17.2 Å². The van der Waals surface area contributed by atoms with E-state index in [0.29, 0.717) is 21.5 Å². The van der Waals surface area contributed by atoms with E-state index in [1.165, 1.54) is 24.3 Å². The van der Waals surface area contributed by atoms with Crippen molar-refractivity contribution in [3.05, 3.63) is 68.7 Å². The van der Waals surface area contributed by atoms with Crippen molar-refractivity contribution in [2.45, 2.75) is 12.5 Å². The van der Waals surface area contributed by atoms with Crippen molar-refractivity contribution in [3.63, 3.8) is 0 Å². The molecule has 2 aromatic carbocycles. The molecule has 0 saturated carbocycles. The normalized spacial score (nSPS) is 12.5. The summed E-state index contributed by atoms with van der Waals surface area (Å²) < 4.78 is 26.7. The van der Waals surface area contributed by atoms with Gasteiger partial charge in [-0.05, 0) is 63.8 Å². The van der Waals surface area contributed by atoms with Crippen LogP contribution >= 0.6 is 27.5 Å². The lowest BCUT2D eigenvalue weighted by molar-refractivity contribution is 0.615. The van der Waals surface area contributed by atoms with Crippen molar-refractivity contribution in [2.75, 3.05) is 0 Å². The van der Waals surface area contributed by atoms with Gasteiger partial charge in [-0.15, -0.1) is 0 Å². The third-order valence-corrected chi connectivity index (χ3v) is 3.80. The Morgan fingerprint density at radius 2 is 1.89 bits per heavy atom. The number of benzene rings is 2. The first-order valence-corrected chi connectivity index (χ1v) is 6.79. The molecule has 0 saturated heterocycles. The molecule has 5 heteroatoms. The van der Waals surface area contributed by atoms with E-state index in [2.05, 4.69) is 15.9 Å². The number of hydrogen-bond acceptors (Lipinski definition) is 1. The molecule has 0 aliphatic heterocycles. The smallest absolute Gasteiger partial charge is 0.137 e. The van der Waals surface area contributed by atoms with Gasteiger partial charge in [0, 0.05) is 11.1 Å². The van der Waals surface area contributed by atoms with Crippen LogP contribution in [0.2, 0.25) is 5.02 Å². The van der Waals surface area contributed by atoms with E-state index in [-0.39, 0.29) is 17.7 Å². The minimum absolute atomic E-state index is 0.347. The van der Waals surface area contributed by atoms with Crippen LogP contribution in [0.25, 0.3) is 0 Å². The van der Waals surface area contributed by atoms with Crippen LogP contribution in [-0.4, -0.2) is 0 Å². The minimum atomic E-state index is -0.379. The second-order valence-electron chi connectivity index (χ2n) is 4.22. The highest BCUT2D eigenvalue weighted by Gasteiger charge is 2.12. The molecule has 2 rings (SSSR count). The van der Waals surface area contributed by atoms with Crippen molar-refractivity contribution < 1.29 is 8.78 Å². The summed E-state index contributed by atoms with van der Waals surface area (Å²) >= 11 is 9.10. The van der Waals surface area contributed by atoms with Gasteiger partial charge >= 0.3 is 0 Å². The third kappa shape index (κ3) is 3.53. The summed E-state index contributed by atoms with van der Waals surface area (Å²) in [4.78, 5) is 0. The second-order valence-corrected chi connectivity index (χ2v) is 5.48. The van der Waals surface area contributed by atoms with Gasteiger partial charge in [0.1, 0.15) is 11.6 Å². The van der Waals surface area contributed by atoms with E-state index in [9.17, 15) is 8.78 Å². The molecule has 0 amide bonds. The lowest BCUT2D eigenvalue weighted by atomic mass is 9.99. The molecule has 0 aromatic heterocycles. The summed E-state index contributed by atoms with van der Waals surface area (Å²) in [7, 11) is 0. The standard InChI is InChI=1S/C14H11BrClF2N/c15-11-6-8(1-4-13(11)18)14(19)7-9-5-10(17)2-3-12(9)16/h1-6,14H,7,19H2. The van der Waals surface area contributed by atoms with Crippen LogP contribution < -0.4 is 5.73 Å². The van der Waals surface area contributed by atoms with E-state index in [1.807, 2.05) is 0 Å². The molecule has 1 atom stereocenters. The van der Waals surface area contributed by atoms with Gasteiger partial charge in [0.15, 0.2) is 0 Å². The molecule has 100 valence electrons. The van der Waals surface area contributed by atoms with Gasteiger partial charge in [-0.1, -0.05) is 17.7 Å². The zero-order valence-corrected chi connectivity index (χ0v) is 12.2. The summed E-state index contributed by atoms with van der Waals surface area (Å²) in [5, 5.41) is 0.470. The Balaban J connectivity index is 2.22. The van der Waals surface area contributed by atoms with Crippen molar-refractivity contribution >= 4 is 27.5 Å². The van der Waals surface area contributed by atoms with Gasteiger partial charge in [-0.3, -0.25) is 0 Å². The quantitative estimate of drug-likeness (QED) is 0.862. The first kappa shape index (κ1) is 14.4. The Bertz CT molecular complexity index is 604. The Morgan fingerprint density at radius 1 is 1.16 bits per heavy atom. The largest absolute Gasteiger partial charge is 0.324 e. The topological polar surface area (TPSA) is 26.0 Å². The van der Waals surface area contributed by atoms with Crippen LogP contribution in [0.5, 0.6) is 0 Å². The van der Waals surface area contributed by atoms with Gasteiger partial charge < -0.3 is 5.73 Å². The summed E-state index contributed by atoms with van der Waals surface area (Å²) in [5.41, 5.74) is 7.43. The van der Waals surface area contributed by atoms with Gasteiger partial charge in [-0.2, -0.15) is 0 Å². The van der Waals surface area contributed by atoms with E-state index in [0.717, 1.165) is 5.56 Å². The third-order valence-electron chi connectivity index (χ3n) is 2.82. The highest BCUT2D eigenvalue weighted by Crippen LogP contribution is 2.25. The molecule has 0 bridgehead atoms. The fourth-order valence-corrected chi connectivity index (χ4v) is 2.39. The van der Waals surface area contributed by atoms with Crippen LogP contribution in [0.4, 0.5) is 8.78 Å². The average Bonchev–Trinajstić information content (AvgIpc) is 2.37. The highest BCUT2D eigenvalue weighted by atomic mass is 79.9. The monoisotopic (exact) mass is 345 g/mol. The highest BCUT2D eigenvalue weighted by molar-refractivity contribution is 9.10. The van der Waals surface area contributed by atoms with Gasteiger partial charge in [0.25, 0.3) is 0 Å². The summed E-state index contributed by atoms with van der Waals surface area (Å²) in [6.45, 7) is 0. The number of hydrogen-bond donors (Lipinski definition) is 1. The summed E-state index contributed by atoms with van der Waals surface area (Å²) in [6.07, 6.45) is 0.384. The van der Waals surface area contributed by atoms with E-state index >= 15 is 0 Å². The molecular formula is C14H11BrClF2N. The maximum Gasteiger partial charge on any atom is 0.137 e. The van der Waals surface area contributed by atoms with E-state index in [4.69, 9.17) is 17.3 Å². The van der Waals surface area contributed by atoms with Crippen LogP contribution in [0.3, 0.4) is 0 Å². The fraction of sp³-hybridized carbons (Fsp3) is 0.143. The summed E-state index contributed by atoms with van der Waals surface area (Å²) in [6, 6.07) is 8.35. The van der Waals surface area contributed by atoms with E-state index in [1.54, 1.807) is 12.1 Å². The molecule has 0 spiro atoms. The second kappa shape index (κ2) is 5.99.